The molecule has 17 heavy (non-hydrogen) atoms. The molecule has 0 saturated carbocycles. The maximum absolute atomic E-state index is 6.01. The summed E-state index contributed by atoms with van der Waals surface area (Å²) in [6.45, 7) is 1.97. The van der Waals surface area contributed by atoms with E-state index in [1.165, 1.54) is 0 Å². The van der Waals surface area contributed by atoms with Gasteiger partial charge < -0.3 is 5.73 Å². The van der Waals surface area contributed by atoms with Crippen LogP contribution in [-0.4, -0.2) is 31.2 Å². The number of tetrazole rings is 1. The fraction of sp³-hybridized carbons (Fsp3) is 0.400. The first-order chi connectivity index (χ1) is 8.18. The number of nitrogens with zero attached hydrogens (tertiary/aromatic N) is 5. The van der Waals surface area contributed by atoms with E-state index in [4.69, 9.17) is 5.73 Å². The van der Waals surface area contributed by atoms with Crippen LogP contribution >= 0.6 is 11.8 Å². The van der Waals surface area contributed by atoms with Crippen molar-refractivity contribution in [2.75, 3.05) is 0 Å². The molecule has 2 aromatic heterocycles. The number of pyridine rings is 1. The quantitative estimate of drug-likeness (QED) is 0.808. The Balaban J connectivity index is 2.22. The topological polar surface area (TPSA) is 82.5 Å². The zero-order valence-electron chi connectivity index (χ0n) is 9.69. The van der Waals surface area contributed by atoms with E-state index in [1.54, 1.807) is 22.6 Å². The molecule has 2 aromatic rings. The zero-order chi connectivity index (χ0) is 12.3. The van der Waals surface area contributed by atoms with Crippen molar-refractivity contribution < 1.29 is 0 Å². The van der Waals surface area contributed by atoms with Crippen LogP contribution in [0.3, 0.4) is 0 Å². The van der Waals surface area contributed by atoms with E-state index < -0.39 is 0 Å². The highest BCUT2D eigenvalue weighted by molar-refractivity contribution is 7.99. The van der Waals surface area contributed by atoms with E-state index in [9.17, 15) is 0 Å². The van der Waals surface area contributed by atoms with Crippen molar-refractivity contribution in [2.45, 2.75) is 23.4 Å². The lowest BCUT2D eigenvalue weighted by molar-refractivity contribution is 0.657. The van der Waals surface area contributed by atoms with E-state index in [0.717, 1.165) is 10.7 Å². The molecule has 0 aliphatic carbocycles. The summed E-state index contributed by atoms with van der Waals surface area (Å²) in [5.74, 6) is 0. The fourth-order valence-corrected chi connectivity index (χ4v) is 2.45. The number of hydrogen-bond acceptors (Lipinski definition) is 6. The molecule has 2 rings (SSSR count). The van der Waals surface area contributed by atoms with Crippen LogP contribution in [-0.2, 0) is 7.05 Å². The molecule has 90 valence electrons. The standard InChI is InChI=1S/C10H14N6S/c1-7(11)9(8-4-3-5-12-6-8)17-10-13-14-15-16(10)2/h3-7,9H,11H2,1-2H3. The summed E-state index contributed by atoms with van der Waals surface area (Å²) < 4.78 is 1.64. The van der Waals surface area contributed by atoms with Gasteiger partial charge in [0.25, 0.3) is 0 Å². The van der Waals surface area contributed by atoms with Crippen molar-refractivity contribution in [1.29, 1.82) is 0 Å². The predicted octanol–water partition coefficient (Wildman–Crippen LogP) is 0.786. The molecule has 0 aliphatic heterocycles. The minimum Gasteiger partial charge on any atom is -0.327 e. The van der Waals surface area contributed by atoms with Gasteiger partial charge in [-0.3, -0.25) is 4.98 Å². The normalized spacial score (nSPS) is 14.5. The van der Waals surface area contributed by atoms with Gasteiger partial charge in [-0.05, 0) is 29.0 Å². The molecule has 0 aromatic carbocycles. The van der Waals surface area contributed by atoms with Crippen LogP contribution < -0.4 is 5.73 Å². The predicted molar refractivity (Wildman–Crippen MR) is 65.3 cm³/mol. The third kappa shape index (κ3) is 2.80. The zero-order valence-corrected chi connectivity index (χ0v) is 10.5. The highest BCUT2D eigenvalue weighted by atomic mass is 32.2. The van der Waals surface area contributed by atoms with E-state index in [1.807, 2.05) is 32.3 Å². The fourth-order valence-electron chi connectivity index (χ4n) is 1.46. The molecular formula is C10H14N6S. The Labute approximate surface area is 104 Å². The first kappa shape index (κ1) is 12.0. The van der Waals surface area contributed by atoms with E-state index in [0.29, 0.717) is 0 Å². The molecule has 0 amide bonds. The minimum absolute atomic E-state index is 0.0131. The van der Waals surface area contributed by atoms with Gasteiger partial charge in [0, 0.05) is 25.5 Å². The van der Waals surface area contributed by atoms with Gasteiger partial charge in [-0.15, -0.1) is 5.10 Å². The second kappa shape index (κ2) is 5.24. The summed E-state index contributed by atoms with van der Waals surface area (Å²) in [4.78, 5) is 4.11. The van der Waals surface area contributed by atoms with Crippen molar-refractivity contribution in [1.82, 2.24) is 25.2 Å². The lowest BCUT2D eigenvalue weighted by atomic mass is 10.1. The largest absolute Gasteiger partial charge is 0.327 e. The van der Waals surface area contributed by atoms with Crippen molar-refractivity contribution in [3.05, 3.63) is 30.1 Å². The second-order valence-corrected chi connectivity index (χ2v) is 4.88. The molecule has 0 saturated heterocycles. The maximum atomic E-state index is 6.01. The Morgan fingerprint density at radius 3 is 2.82 bits per heavy atom. The number of aromatic nitrogens is 5. The van der Waals surface area contributed by atoms with Gasteiger partial charge >= 0.3 is 0 Å². The van der Waals surface area contributed by atoms with Crippen molar-refractivity contribution in [3.8, 4) is 0 Å². The van der Waals surface area contributed by atoms with Crippen LogP contribution in [0, 0.1) is 0 Å². The van der Waals surface area contributed by atoms with Crippen LogP contribution in [0.5, 0.6) is 0 Å². The number of nitrogens with two attached hydrogens (primary N) is 1. The van der Waals surface area contributed by atoms with E-state index in [-0.39, 0.29) is 11.3 Å². The van der Waals surface area contributed by atoms with E-state index in [2.05, 4.69) is 20.5 Å². The average molecular weight is 250 g/mol. The molecule has 0 bridgehead atoms. The number of rotatable bonds is 4. The van der Waals surface area contributed by atoms with Crippen LogP contribution in [0.1, 0.15) is 17.7 Å². The number of aryl methyl sites for hydroxylation is 1. The second-order valence-electron chi connectivity index (χ2n) is 3.77. The summed E-state index contributed by atoms with van der Waals surface area (Å²) in [6.07, 6.45) is 3.57. The maximum Gasteiger partial charge on any atom is 0.209 e. The monoisotopic (exact) mass is 250 g/mol. The molecule has 0 aliphatic rings. The van der Waals surface area contributed by atoms with Gasteiger partial charge in [0.05, 0.1) is 5.25 Å². The molecule has 0 fully saturated rings. The molecule has 7 heteroatoms. The molecule has 2 unspecified atom stereocenters. The molecule has 2 heterocycles. The van der Waals surface area contributed by atoms with Gasteiger partial charge in [0.15, 0.2) is 0 Å². The van der Waals surface area contributed by atoms with Crippen molar-refractivity contribution in [3.63, 3.8) is 0 Å². The first-order valence-corrected chi connectivity index (χ1v) is 6.11. The van der Waals surface area contributed by atoms with Crippen LogP contribution in [0.2, 0.25) is 0 Å². The Hall–Kier alpha value is -1.47. The summed E-state index contributed by atoms with van der Waals surface area (Å²) in [6, 6.07) is 3.90. The molecule has 6 nitrogen and oxygen atoms in total. The SMILES string of the molecule is CC(N)C(Sc1nnnn1C)c1cccnc1. The molecule has 2 atom stereocenters. The smallest absolute Gasteiger partial charge is 0.209 e. The summed E-state index contributed by atoms with van der Waals surface area (Å²) in [5, 5.41) is 12.2. The van der Waals surface area contributed by atoms with E-state index >= 15 is 0 Å². The summed E-state index contributed by atoms with van der Waals surface area (Å²) in [7, 11) is 1.81. The Morgan fingerprint density at radius 1 is 1.47 bits per heavy atom. The number of hydrogen-bond donors (Lipinski definition) is 1. The lowest BCUT2D eigenvalue weighted by Gasteiger charge is -2.19. The number of thioether (sulfide) groups is 1. The van der Waals surface area contributed by atoms with Gasteiger partial charge in [-0.25, -0.2) is 4.68 Å². The Bertz CT molecular complexity index is 469. The van der Waals surface area contributed by atoms with Crippen LogP contribution in [0.15, 0.2) is 29.7 Å². The lowest BCUT2D eigenvalue weighted by Crippen LogP contribution is -2.23. The van der Waals surface area contributed by atoms with Crippen molar-refractivity contribution in [2.24, 2.45) is 12.8 Å². The summed E-state index contributed by atoms with van der Waals surface area (Å²) >= 11 is 1.55. The van der Waals surface area contributed by atoms with Crippen LogP contribution in [0.25, 0.3) is 0 Å². The van der Waals surface area contributed by atoms with Gasteiger partial charge in [-0.1, -0.05) is 17.8 Å². The minimum atomic E-state index is -0.0131. The third-order valence-electron chi connectivity index (χ3n) is 2.30. The Kier molecular flexibility index (Phi) is 3.70. The molecule has 0 radical (unpaired) electrons. The van der Waals surface area contributed by atoms with Gasteiger partial charge in [0.1, 0.15) is 0 Å². The molecule has 0 spiro atoms. The molecular weight excluding hydrogens is 236 g/mol. The van der Waals surface area contributed by atoms with Gasteiger partial charge in [0.2, 0.25) is 5.16 Å². The molecule has 2 N–H and O–H groups in total. The third-order valence-corrected chi connectivity index (χ3v) is 3.82. The highest BCUT2D eigenvalue weighted by Gasteiger charge is 2.20. The van der Waals surface area contributed by atoms with Crippen LogP contribution in [0.4, 0.5) is 0 Å². The first-order valence-electron chi connectivity index (χ1n) is 5.23. The summed E-state index contributed by atoms with van der Waals surface area (Å²) in [5.41, 5.74) is 7.09. The Morgan fingerprint density at radius 2 is 2.29 bits per heavy atom. The average Bonchev–Trinajstić information content (AvgIpc) is 2.72. The van der Waals surface area contributed by atoms with Gasteiger partial charge in [-0.2, -0.15) is 0 Å². The van der Waals surface area contributed by atoms with Crippen molar-refractivity contribution >= 4 is 11.8 Å². The highest BCUT2D eigenvalue weighted by Crippen LogP contribution is 2.34.